The van der Waals surface area contributed by atoms with Gasteiger partial charge in [-0.3, -0.25) is 4.79 Å². The van der Waals surface area contributed by atoms with Crippen molar-refractivity contribution in [2.45, 2.75) is 26.2 Å². The fourth-order valence-electron chi connectivity index (χ4n) is 2.56. The second kappa shape index (κ2) is 5.86. The highest BCUT2D eigenvalue weighted by molar-refractivity contribution is 5.78. The maximum Gasteiger partial charge on any atom is 0.222 e. The minimum absolute atomic E-state index is 0.0672. The van der Waals surface area contributed by atoms with Crippen LogP contribution in [-0.2, 0) is 11.2 Å². The van der Waals surface area contributed by atoms with Gasteiger partial charge < -0.3 is 16.0 Å². The standard InChI is InChI=1S/C13H21N5O/c1-3-4-10-12(15-2)16-8-17-13(10)18-6-5-9(7-18)11(14)19/h8-9H,3-7H2,1-2H3,(H2,14,19)(H,15,16,17). The number of hydrogen-bond acceptors (Lipinski definition) is 5. The minimum Gasteiger partial charge on any atom is -0.373 e. The van der Waals surface area contributed by atoms with Gasteiger partial charge in [-0.2, -0.15) is 0 Å². The third-order valence-electron chi connectivity index (χ3n) is 3.55. The van der Waals surface area contributed by atoms with Gasteiger partial charge in [0.05, 0.1) is 5.92 Å². The Morgan fingerprint density at radius 1 is 1.58 bits per heavy atom. The summed E-state index contributed by atoms with van der Waals surface area (Å²) < 4.78 is 0. The van der Waals surface area contributed by atoms with Crippen molar-refractivity contribution in [3.63, 3.8) is 0 Å². The third kappa shape index (κ3) is 2.77. The van der Waals surface area contributed by atoms with Gasteiger partial charge in [-0.1, -0.05) is 13.3 Å². The van der Waals surface area contributed by atoms with Crippen LogP contribution in [-0.4, -0.2) is 36.0 Å². The molecule has 0 aromatic carbocycles. The lowest BCUT2D eigenvalue weighted by atomic mass is 10.1. The molecule has 1 aromatic heterocycles. The summed E-state index contributed by atoms with van der Waals surface area (Å²) >= 11 is 0. The van der Waals surface area contributed by atoms with Crippen molar-refractivity contribution in [1.82, 2.24) is 9.97 Å². The van der Waals surface area contributed by atoms with Crippen LogP contribution in [0.4, 0.5) is 11.6 Å². The predicted octanol–water partition coefficient (Wildman–Crippen LogP) is 0.782. The van der Waals surface area contributed by atoms with Gasteiger partial charge in [0.15, 0.2) is 0 Å². The SMILES string of the molecule is CCCc1c(NC)ncnc1N1CCC(C(N)=O)C1. The predicted molar refractivity (Wildman–Crippen MR) is 75.1 cm³/mol. The van der Waals surface area contributed by atoms with Crippen molar-refractivity contribution in [3.8, 4) is 0 Å². The van der Waals surface area contributed by atoms with E-state index in [9.17, 15) is 4.79 Å². The van der Waals surface area contributed by atoms with E-state index < -0.39 is 0 Å². The summed E-state index contributed by atoms with van der Waals surface area (Å²) in [5.41, 5.74) is 6.50. The Labute approximate surface area is 113 Å². The molecule has 2 rings (SSSR count). The number of nitrogens with zero attached hydrogens (tertiary/aromatic N) is 3. The number of nitrogens with one attached hydrogen (secondary N) is 1. The molecule has 104 valence electrons. The van der Waals surface area contributed by atoms with Crippen molar-refractivity contribution in [2.24, 2.45) is 11.7 Å². The van der Waals surface area contributed by atoms with E-state index in [0.717, 1.165) is 43.0 Å². The molecule has 1 amide bonds. The number of carbonyl (C=O) groups excluding carboxylic acids is 1. The van der Waals surface area contributed by atoms with Gasteiger partial charge in [-0.05, 0) is 12.8 Å². The van der Waals surface area contributed by atoms with E-state index in [2.05, 4.69) is 27.1 Å². The molecule has 19 heavy (non-hydrogen) atoms. The molecule has 0 saturated carbocycles. The Hall–Kier alpha value is -1.85. The van der Waals surface area contributed by atoms with Crippen molar-refractivity contribution >= 4 is 17.5 Å². The molecule has 0 radical (unpaired) electrons. The molecule has 1 aliphatic heterocycles. The summed E-state index contributed by atoms with van der Waals surface area (Å²) in [6.07, 6.45) is 4.32. The van der Waals surface area contributed by atoms with E-state index in [-0.39, 0.29) is 11.8 Å². The Bertz CT molecular complexity index is 462. The maximum absolute atomic E-state index is 11.3. The molecule has 6 nitrogen and oxygen atoms in total. The molecule has 0 spiro atoms. The summed E-state index contributed by atoms with van der Waals surface area (Å²) in [5.74, 6) is 1.52. The molecule has 1 atom stereocenters. The number of aromatic nitrogens is 2. The van der Waals surface area contributed by atoms with Crippen LogP contribution >= 0.6 is 0 Å². The van der Waals surface area contributed by atoms with Crippen molar-refractivity contribution in [1.29, 1.82) is 0 Å². The fourth-order valence-corrected chi connectivity index (χ4v) is 2.56. The highest BCUT2D eigenvalue weighted by Gasteiger charge is 2.29. The van der Waals surface area contributed by atoms with E-state index >= 15 is 0 Å². The van der Waals surface area contributed by atoms with Crippen LogP contribution in [0.1, 0.15) is 25.3 Å². The first-order chi connectivity index (χ1) is 9.17. The molecular weight excluding hydrogens is 242 g/mol. The van der Waals surface area contributed by atoms with Gasteiger partial charge in [-0.25, -0.2) is 9.97 Å². The van der Waals surface area contributed by atoms with Crippen molar-refractivity contribution < 1.29 is 4.79 Å². The summed E-state index contributed by atoms with van der Waals surface area (Å²) in [4.78, 5) is 22.1. The third-order valence-corrected chi connectivity index (χ3v) is 3.55. The highest BCUT2D eigenvalue weighted by atomic mass is 16.1. The largest absolute Gasteiger partial charge is 0.373 e. The van der Waals surface area contributed by atoms with Gasteiger partial charge in [0.25, 0.3) is 0 Å². The first kappa shape index (κ1) is 13.6. The lowest BCUT2D eigenvalue weighted by molar-refractivity contribution is -0.121. The Morgan fingerprint density at radius 2 is 2.37 bits per heavy atom. The van der Waals surface area contributed by atoms with Gasteiger partial charge in [0.2, 0.25) is 5.91 Å². The zero-order valence-electron chi connectivity index (χ0n) is 11.5. The first-order valence-electron chi connectivity index (χ1n) is 6.73. The van der Waals surface area contributed by atoms with Gasteiger partial charge >= 0.3 is 0 Å². The van der Waals surface area contributed by atoms with Crippen LogP contribution in [0.2, 0.25) is 0 Å². The Balaban J connectivity index is 2.27. The van der Waals surface area contributed by atoms with Crippen molar-refractivity contribution in [2.75, 3.05) is 30.4 Å². The number of carbonyl (C=O) groups is 1. The molecule has 1 aromatic rings. The Kier molecular flexibility index (Phi) is 4.19. The van der Waals surface area contributed by atoms with Crippen LogP contribution in [0.3, 0.4) is 0 Å². The topological polar surface area (TPSA) is 84.1 Å². The lowest BCUT2D eigenvalue weighted by Gasteiger charge is -2.21. The van der Waals surface area contributed by atoms with Crippen molar-refractivity contribution in [3.05, 3.63) is 11.9 Å². The molecule has 0 bridgehead atoms. The van der Waals surface area contributed by atoms with Crippen LogP contribution in [0.15, 0.2) is 6.33 Å². The zero-order chi connectivity index (χ0) is 13.8. The molecule has 0 aliphatic carbocycles. The highest BCUT2D eigenvalue weighted by Crippen LogP contribution is 2.29. The molecule has 1 saturated heterocycles. The number of amides is 1. The van der Waals surface area contributed by atoms with E-state index in [1.807, 2.05) is 7.05 Å². The second-order valence-corrected chi connectivity index (χ2v) is 4.86. The normalized spacial score (nSPS) is 18.6. The van der Waals surface area contributed by atoms with Gasteiger partial charge in [0.1, 0.15) is 18.0 Å². The molecule has 1 aliphatic rings. The van der Waals surface area contributed by atoms with E-state index in [1.165, 1.54) is 0 Å². The first-order valence-corrected chi connectivity index (χ1v) is 6.73. The second-order valence-electron chi connectivity index (χ2n) is 4.86. The van der Waals surface area contributed by atoms with Crippen LogP contribution < -0.4 is 16.0 Å². The average Bonchev–Trinajstić information content (AvgIpc) is 2.89. The fraction of sp³-hybridized carbons (Fsp3) is 0.615. The molecular formula is C13H21N5O. The molecule has 2 heterocycles. The lowest BCUT2D eigenvalue weighted by Crippen LogP contribution is -2.28. The van der Waals surface area contributed by atoms with E-state index in [4.69, 9.17) is 5.73 Å². The smallest absolute Gasteiger partial charge is 0.222 e. The summed E-state index contributed by atoms with van der Waals surface area (Å²) in [6, 6.07) is 0. The zero-order valence-corrected chi connectivity index (χ0v) is 11.5. The molecule has 3 N–H and O–H groups in total. The van der Waals surface area contributed by atoms with Crippen LogP contribution in [0.5, 0.6) is 0 Å². The molecule has 1 fully saturated rings. The molecule has 1 unspecified atom stereocenters. The van der Waals surface area contributed by atoms with Crippen LogP contribution in [0.25, 0.3) is 0 Å². The molecule has 6 heteroatoms. The summed E-state index contributed by atoms with van der Waals surface area (Å²) in [6.45, 7) is 3.61. The maximum atomic E-state index is 11.3. The quantitative estimate of drug-likeness (QED) is 0.820. The number of anilines is 2. The van der Waals surface area contributed by atoms with E-state index in [0.29, 0.717) is 6.54 Å². The van der Waals surface area contributed by atoms with Gasteiger partial charge in [-0.15, -0.1) is 0 Å². The number of hydrogen-bond donors (Lipinski definition) is 2. The summed E-state index contributed by atoms with van der Waals surface area (Å²) in [7, 11) is 1.86. The van der Waals surface area contributed by atoms with E-state index in [1.54, 1.807) is 6.33 Å². The average molecular weight is 263 g/mol. The number of nitrogens with two attached hydrogens (primary N) is 1. The number of rotatable bonds is 5. The van der Waals surface area contributed by atoms with Gasteiger partial charge in [0, 0.05) is 25.7 Å². The number of primary amides is 1. The summed E-state index contributed by atoms with van der Waals surface area (Å²) in [5, 5.41) is 3.11. The monoisotopic (exact) mass is 263 g/mol. The Morgan fingerprint density at radius 3 is 2.95 bits per heavy atom. The van der Waals surface area contributed by atoms with Crippen LogP contribution in [0, 0.1) is 5.92 Å². The minimum atomic E-state index is -0.220.